The summed E-state index contributed by atoms with van der Waals surface area (Å²) in [7, 11) is 3.49. The van der Waals surface area contributed by atoms with E-state index in [9.17, 15) is 4.79 Å². The molecule has 0 fully saturated rings. The summed E-state index contributed by atoms with van der Waals surface area (Å²) in [6.45, 7) is 8.29. The minimum absolute atomic E-state index is 0.0644. The van der Waals surface area contributed by atoms with Crippen LogP contribution in [0.5, 0.6) is 5.75 Å². The Labute approximate surface area is 127 Å². The van der Waals surface area contributed by atoms with Crippen LogP contribution in [-0.2, 0) is 11.3 Å². The molecule has 5 heteroatoms. The van der Waals surface area contributed by atoms with Gasteiger partial charge in [-0.25, -0.2) is 0 Å². The minimum Gasteiger partial charge on any atom is -0.491 e. The molecule has 0 unspecified atom stereocenters. The molecule has 1 aromatic rings. The highest BCUT2D eigenvalue weighted by Gasteiger charge is 2.08. The van der Waals surface area contributed by atoms with Crippen molar-refractivity contribution in [3.63, 3.8) is 0 Å². The first-order valence-electron chi connectivity index (χ1n) is 7.40. The predicted octanol–water partition coefficient (Wildman–Crippen LogP) is 1.99. The number of aromatic nitrogens is 1. The van der Waals surface area contributed by atoms with Crippen molar-refractivity contribution in [1.82, 2.24) is 15.2 Å². The van der Waals surface area contributed by atoms with E-state index >= 15 is 0 Å². The van der Waals surface area contributed by atoms with E-state index in [4.69, 9.17) is 4.74 Å². The molecular weight excluding hydrogens is 266 g/mol. The maximum Gasteiger partial charge on any atom is 0.225 e. The minimum atomic E-state index is 0.0644. The zero-order valence-corrected chi connectivity index (χ0v) is 13.8. The number of hydrogen-bond donors (Lipinski definition) is 1. The SMILES string of the molecule is Cc1ccc(OCCC(=O)N(C)C)c(CNCC(C)C)n1. The lowest BCUT2D eigenvalue weighted by molar-refractivity contribution is -0.129. The third-order valence-electron chi connectivity index (χ3n) is 2.99. The molecule has 1 amide bonds. The largest absolute Gasteiger partial charge is 0.491 e. The Kier molecular flexibility index (Phi) is 7.15. The third kappa shape index (κ3) is 6.58. The van der Waals surface area contributed by atoms with Gasteiger partial charge in [0.2, 0.25) is 5.91 Å². The Balaban J connectivity index is 2.57. The van der Waals surface area contributed by atoms with Crippen molar-refractivity contribution in [1.29, 1.82) is 0 Å². The number of aryl methyl sites for hydroxylation is 1. The molecule has 0 aliphatic carbocycles. The van der Waals surface area contributed by atoms with Gasteiger partial charge in [0.15, 0.2) is 0 Å². The van der Waals surface area contributed by atoms with Crippen molar-refractivity contribution in [2.45, 2.75) is 33.7 Å². The fourth-order valence-electron chi connectivity index (χ4n) is 1.81. The summed E-state index contributed by atoms with van der Waals surface area (Å²) >= 11 is 0. The van der Waals surface area contributed by atoms with Crippen LogP contribution in [-0.4, -0.2) is 43.0 Å². The van der Waals surface area contributed by atoms with E-state index in [1.165, 1.54) is 0 Å². The second-order valence-electron chi connectivity index (χ2n) is 5.81. The van der Waals surface area contributed by atoms with Gasteiger partial charge in [-0.2, -0.15) is 0 Å². The summed E-state index contributed by atoms with van der Waals surface area (Å²) in [5, 5.41) is 3.37. The highest BCUT2D eigenvalue weighted by atomic mass is 16.5. The summed E-state index contributed by atoms with van der Waals surface area (Å²) in [5.74, 6) is 1.41. The lowest BCUT2D eigenvalue weighted by atomic mass is 10.2. The molecule has 0 bridgehead atoms. The average Bonchev–Trinajstić information content (AvgIpc) is 2.40. The Bertz CT molecular complexity index is 459. The Hall–Kier alpha value is -1.62. The quantitative estimate of drug-likeness (QED) is 0.796. The van der Waals surface area contributed by atoms with Gasteiger partial charge < -0.3 is 15.0 Å². The molecular formula is C16H27N3O2. The zero-order valence-electron chi connectivity index (χ0n) is 13.8. The molecule has 0 radical (unpaired) electrons. The smallest absolute Gasteiger partial charge is 0.225 e. The molecule has 1 aromatic heterocycles. The zero-order chi connectivity index (χ0) is 15.8. The highest BCUT2D eigenvalue weighted by molar-refractivity contribution is 5.75. The van der Waals surface area contributed by atoms with Crippen LogP contribution < -0.4 is 10.1 Å². The second kappa shape index (κ2) is 8.62. The van der Waals surface area contributed by atoms with Crippen LogP contribution in [0.4, 0.5) is 0 Å². The van der Waals surface area contributed by atoms with Crippen LogP contribution in [0.15, 0.2) is 12.1 Å². The molecule has 0 aliphatic rings. The number of rotatable bonds is 8. The molecule has 118 valence electrons. The van der Waals surface area contributed by atoms with Crippen molar-refractivity contribution in [3.8, 4) is 5.75 Å². The number of nitrogens with zero attached hydrogens (tertiary/aromatic N) is 2. The van der Waals surface area contributed by atoms with Gasteiger partial charge in [0.25, 0.3) is 0 Å². The molecule has 0 saturated carbocycles. The number of amides is 1. The molecule has 0 aliphatic heterocycles. The first-order chi connectivity index (χ1) is 9.90. The van der Waals surface area contributed by atoms with Gasteiger partial charge in [0.05, 0.1) is 18.7 Å². The summed E-state index contributed by atoms with van der Waals surface area (Å²) in [4.78, 5) is 17.6. The molecule has 0 saturated heterocycles. The molecule has 0 spiro atoms. The fourth-order valence-corrected chi connectivity index (χ4v) is 1.81. The number of carbonyl (C=O) groups excluding carboxylic acids is 1. The van der Waals surface area contributed by atoms with Crippen molar-refractivity contribution in [2.24, 2.45) is 5.92 Å². The summed E-state index contributed by atoms with van der Waals surface area (Å²) in [5.41, 5.74) is 1.86. The fraction of sp³-hybridized carbons (Fsp3) is 0.625. The van der Waals surface area contributed by atoms with E-state index in [0.717, 1.165) is 23.7 Å². The maximum absolute atomic E-state index is 11.5. The summed E-state index contributed by atoms with van der Waals surface area (Å²) < 4.78 is 5.72. The van der Waals surface area contributed by atoms with Gasteiger partial charge in [-0.1, -0.05) is 13.8 Å². The van der Waals surface area contributed by atoms with Gasteiger partial charge in [0.1, 0.15) is 5.75 Å². The van der Waals surface area contributed by atoms with Crippen LogP contribution in [0.1, 0.15) is 31.7 Å². The van der Waals surface area contributed by atoms with E-state index in [1.54, 1.807) is 19.0 Å². The third-order valence-corrected chi connectivity index (χ3v) is 2.99. The van der Waals surface area contributed by atoms with Crippen molar-refractivity contribution < 1.29 is 9.53 Å². The Morgan fingerprint density at radius 2 is 2.10 bits per heavy atom. The van der Waals surface area contributed by atoms with E-state index < -0.39 is 0 Å². The Morgan fingerprint density at radius 3 is 2.71 bits per heavy atom. The summed E-state index contributed by atoms with van der Waals surface area (Å²) in [6.07, 6.45) is 0.375. The van der Waals surface area contributed by atoms with Gasteiger partial charge in [-0.3, -0.25) is 9.78 Å². The van der Waals surface area contributed by atoms with E-state index in [-0.39, 0.29) is 5.91 Å². The standard InChI is InChI=1S/C16H27N3O2/c1-12(2)10-17-11-14-15(7-6-13(3)18-14)21-9-8-16(20)19(4)5/h6-7,12,17H,8-11H2,1-5H3. The number of carbonyl (C=O) groups is 1. The lowest BCUT2D eigenvalue weighted by Crippen LogP contribution is -2.24. The highest BCUT2D eigenvalue weighted by Crippen LogP contribution is 2.17. The first-order valence-corrected chi connectivity index (χ1v) is 7.40. The molecule has 1 heterocycles. The molecule has 1 N–H and O–H groups in total. The average molecular weight is 293 g/mol. The van der Waals surface area contributed by atoms with Gasteiger partial charge >= 0.3 is 0 Å². The normalized spacial score (nSPS) is 10.8. The van der Waals surface area contributed by atoms with E-state index in [0.29, 0.717) is 25.5 Å². The van der Waals surface area contributed by atoms with Crippen LogP contribution in [0, 0.1) is 12.8 Å². The number of hydrogen-bond acceptors (Lipinski definition) is 4. The summed E-state index contributed by atoms with van der Waals surface area (Å²) in [6, 6.07) is 3.85. The number of pyridine rings is 1. The Morgan fingerprint density at radius 1 is 1.38 bits per heavy atom. The van der Waals surface area contributed by atoms with Gasteiger partial charge in [-0.15, -0.1) is 0 Å². The monoisotopic (exact) mass is 293 g/mol. The van der Waals surface area contributed by atoms with Crippen LogP contribution in [0.3, 0.4) is 0 Å². The lowest BCUT2D eigenvalue weighted by Gasteiger charge is -2.14. The second-order valence-corrected chi connectivity index (χ2v) is 5.81. The molecule has 21 heavy (non-hydrogen) atoms. The first kappa shape index (κ1) is 17.4. The topological polar surface area (TPSA) is 54.5 Å². The van der Waals surface area contributed by atoms with E-state index in [1.807, 2.05) is 19.1 Å². The molecule has 0 aromatic carbocycles. The van der Waals surface area contributed by atoms with Crippen molar-refractivity contribution >= 4 is 5.91 Å². The van der Waals surface area contributed by atoms with Gasteiger partial charge in [0, 0.05) is 26.3 Å². The maximum atomic E-state index is 11.5. The number of ether oxygens (including phenoxy) is 1. The van der Waals surface area contributed by atoms with Gasteiger partial charge in [-0.05, 0) is 31.5 Å². The van der Waals surface area contributed by atoms with Crippen molar-refractivity contribution in [3.05, 3.63) is 23.5 Å². The van der Waals surface area contributed by atoms with Crippen molar-refractivity contribution in [2.75, 3.05) is 27.2 Å². The van der Waals surface area contributed by atoms with E-state index in [2.05, 4.69) is 24.1 Å². The van der Waals surface area contributed by atoms with Crippen LogP contribution >= 0.6 is 0 Å². The molecule has 0 atom stereocenters. The molecule has 5 nitrogen and oxygen atoms in total. The number of nitrogens with one attached hydrogen (secondary N) is 1. The van der Waals surface area contributed by atoms with Crippen LogP contribution in [0.25, 0.3) is 0 Å². The molecule has 1 rings (SSSR count). The predicted molar refractivity (Wildman–Crippen MR) is 84.3 cm³/mol. The van der Waals surface area contributed by atoms with Crippen LogP contribution in [0.2, 0.25) is 0 Å².